The van der Waals surface area contributed by atoms with Crippen LogP contribution in [0.2, 0.25) is 0 Å². The van der Waals surface area contributed by atoms with Crippen molar-refractivity contribution in [3.05, 3.63) is 17.9 Å². The molecule has 1 aromatic rings. The summed E-state index contributed by atoms with van der Waals surface area (Å²) in [7, 11) is 3.20. The van der Waals surface area contributed by atoms with Crippen molar-refractivity contribution in [3.8, 4) is 0 Å². The van der Waals surface area contributed by atoms with Crippen LogP contribution in [0.1, 0.15) is 5.76 Å². The Hall–Kier alpha value is -1.04. The van der Waals surface area contributed by atoms with E-state index in [0.717, 1.165) is 5.76 Å². The largest absolute Gasteiger partial charge is 0.445 e. The van der Waals surface area contributed by atoms with Gasteiger partial charge in [-0.25, -0.2) is 0 Å². The first-order valence-electron chi connectivity index (χ1n) is 4.36. The SMILES string of the molecule is COC(CNCc1ccc(N)o1)OC. The minimum atomic E-state index is -0.234. The zero-order valence-electron chi connectivity index (χ0n) is 8.45. The standard InChI is InChI=1S/C9H16N2O3/c1-12-9(13-2)6-11-5-7-3-4-8(10)14-7/h3-4,9,11H,5-6,10H2,1-2H3. The lowest BCUT2D eigenvalue weighted by molar-refractivity contribution is -0.0990. The van der Waals surface area contributed by atoms with Crippen LogP contribution in [0.3, 0.4) is 0 Å². The summed E-state index contributed by atoms with van der Waals surface area (Å²) in [5.41, 5.74) is 5.42. The molecule has 0 radical (unpaired) electrons. The molecule has 0 saturated heterocycles. The number of hydrogen-bond acceptors (Lipinski definition) is 5. The Morgan fingerprint density at radius 2 is 2.14 bits per heavy atom. The van der Waals surface area contributed by atoms with E-state index in [9.17, 15) is 0 Å². The van der Waals surface area contributed by atoms with Gasteiger partial charge in [-0.2, -0.15) is 0 Å². The van der Waals surface area contributed by atoms with E-state index in [2.05, 4.69) is 5.32 Å². The van der Waals surface area contributed by atoms with E-state index in [4.69, 9.17) is 19.6 Å². The maximum atomic E-state index is 5.42. The number of methoxy groups -OCH3 is 2. The van der Waals surface area contributed by atoms with Crippen molar-refractivity contribution in [2.24, 2.45) is 0 Å². The number of anilines is 1. The van der Waals surface area contributed by atoms with Gasteiger partial charge in [0.15, 0.2) is 12.2 Å². The van der Waals surface area contributed by atoms with Crippen LogP contribution in [-0.4, -0.2) is 27.1 Å². The fraction of sp³-hybridized carbons (Fsp3) is 0.556. The lowest BCUT2D eigenvalue weighted by Crippen LogP contribution is -2.29. The van der Waals surface area contributed by atoms with Crippen molar-refractivity contribution in [2.45, 2.75) is 12.8 Å². The lowest BCUT2D eigenvalue weighted by atomic mass is 10.4. The molecule has 5 heteroatoms. The number of nitrogens with one attached hydrogen (secondary N) is 1. The average Bonchev–Trinajstić information content (AvgIpc) is 2.59. The molecule has 0 saturated carbocycles. The van der Waals surface area contributed by atoms with E-state index in [1.807, 2.05) is 6.07 Å². The molecule has 0 spiro atoms. The Morgan fingerprint density at radius 3 is 2.64 bits per heavy atom. The zero-order valence-corrected chi connectivity index (χ0v) is 8.45. The smallest absolute Gasteiger partial charge is 0.190 e. The summed E-state index contributed by atoms with van der Waals surface area (Å²) in [6, 6.07) is 3.55. The first-order valence-corrected chi connectivity index (χ1v) is 4.36. The molecule has 1 heterocycles. The highest BCUT2D eigenvalue weighted by atomic mass is 16.7. The van der Waals surface area contributed by atoms with Gasteiger partial charge < -0.3 is 24.9 Å². The van der Waals surface area contributed by atoms with Crippen LogP contribution >= 0.6 is 0 Å². The highest BCUT2D eigenvalue weighted by Gasteiger charge is 2.04. The minimum Gasteiger partial charge on any atom is -0.445 e. The van der Waals surface area contributed by atoms with E-state index >= 15 is 0 Å². The van der Waals surface area contributed by atoms with Crippen molar-refractivity contribution >= 4 is 5.88 Å². The number of ether oxygens (including phenoxy) is 2. The van der Waals surface area contributed by atoms with Gasteiger partial charge in [0.25, 0.3) is 0 Å². The molecule has 0 aliphatic carbocycles. The summed E-state index contributed by atoms with van der Waals surface area (Å²) in [4.78, 5) is 0. The topological polar surface area (TPSA) is 69.7 Å². The molecule has 0 amide bonds. The highest BCUT2D eigenvalue weighted by Crippen LogP contribution is 2.08. The lowest BCUT2D eigenvalue weighted by Gasteiger charge is -2.13. The first kappa shape index (κ1) is 11.0. The molecule has 14 heavy (non-hydrogen) atoms. The van der Waals surface area contributed by atoms with Crippen LogP contribution in [0.5, 0.6) is 0 Å². The molecule has 80 valence electrons. The quantitative estimate of drug-likeness (QED) is 0.657. The fourth-order valence-corrected chi connectivity index (χ4v) is 1.07. The van der Waals surface area contributed by atoms with E-state index in [0.29, 0.717) is 19.0 Å². The predicted octanol–water partition coefficient (Wildman–Crippen LogP) is 0.570. The number of rotatable bonds is 6. The summed E-state index contributed by atoms with van der Waals surface area (Å²) < 4.78 is 15.2. The monoisotopic (exact) mass is 200 g/mol. The molecule has 1 aromatic heterocycles. The molecular weight excluding hydrogens is 184 g/mol. The van der Waals surface area contributed by atoms with Crippen molar-refractivity contribution in [3.63, 3.8) is 0 Å². The molecule has 0 fully saturated rings. The average molecular weight is 200 g/mol. The minimum absolute atomic E-state index is 0.234. The van der Waals surface area contributed by atoms with Crippen molar-refractivity contribution in [1.82, 2.24) is 5.32 Å². The maximum Gasteiger partial charge on any atom is 0.190 e. The molecule has 0 aliphatic heterocycles. The normalized spacial score (nSPS) is 11.1. The Labute approximate surface area is 83.2 Å². The van der Waals surface area contributed by atoms with E-state index < -0.39 is 0 Å². The van der Waals surface area contributed by atoms with Crippen molar-refractivity contribution < 1.29 is 13.9 Å². The van der Waals surface area contributed by atoms with Crippen molar-refractivity contribution in [2.75, 3.05) is 26.5 Å². The van der Waals surface area contributed by atoms with Gasteiger partial charge in [-0.3, -0.25) is 0 Å². The molecule has 5 nitrogen and oxygen atoms in total. The van der Waals surface area contributed by atoms with Gasteiger partial charge in [0.2, 0.25) is 0 Å². The number of nitrogen functional groups attached to an aromatic ring is 1. The molecule has 0 bridgehead atoms. The van der Waals surface area contributed by atoms with Crippen molar-refractivity contribution in [1.29, 1.82) is 0 Å². The molecular formula is C9H16N2O3. The van der Waals surface area contributed by atoms with Gasteiger partial charge in [-0.05, 0) is 6.07 Å². The van der Waals surface area contributed by atoms with Gasteiger partial charge in [0, 0.05) is 26.8 Å². The second-order valence-corrected chi connectivity index (χ2v) is 2.84. The molecule has 0 atom stereocenters. The Morgan fingerprint density at radius 1 is 1.43 bits per heavy atom. The summed E-state index contributed by atoms with van der Waals surface area (Å²) in [5, 5.41) is 3.12. The highest BCUT2D eigenvalue weighted by molar-refractivity contribution is 5.25. The molecule has 3 N–H and O–H groups in total. The Kier molecular flexibility index (Phi) is 4.45. The van der Waals surface area contributed by atoms with Crippen LogP contribution in [0.4, 0.5) is 5.88 Å². The molecule has 0 unspecified atom stereocenters. The zero-order chi connectivity index (χ0) is 10.4. The number of furan rings is 1. The summed E-state index contributed by atoms with van der Waals surface area (Å²) in [6.45, 7) is 1.22. The fourth-order valence-electron chi connectivity index (χ4n) is 1.07. The van der Waals surface area contributed by atoms with E-state index in [1.54, 1.807) is 20.3 Å². The summed E-state index contributed by atoms with van der Waals surface area (Å²) >= 11 is 0. The molecule has 0 aromatic carbocycles. The number of hydrogen-bond donors (Lipinski definition) is 2. The Balaban J connectivity index is 2.21. The van der Waals surface area contributed by atoms with Gasteiger partial charge >= 0.3 is 0 Å². The first-order chi connectivity index (χ1) is 6.76. The molecule has 0 aliphatic rings. The van der Waals surface area contributed by atoms with Crippen LogP contribution in [0, 0.1) is 0 Å². The number of nitrogens with two attached hydrogens (primary N) is 1. The second-order valence-electron chi connectivity index (χ2n) is 2.84. The predicted molar refractivity (Wildman–Crippen MR) is 52.6 cm³/mol. The second kappa shape index (κ2) is 5.64. The Bertz CT molecular complexity index is 258. The van der Waals surface area contributed by atoms with E-state index in [1.165, 1.54) is 0 Å². The van der Waals surface area contributed by atoms with Gasteiger partial charge in [0.1, 0.15) is 5.76 Å². The third-order valence-corrected chi connectivity index (χ3v) is 1.82. The van der Waals surface area contributed by atoms with Crippen LogP contribution < -0.4 is 11.1 Å². The maximum absolute atomic E-state index is 5.42. The third-order valence-electron chi connectivity index (χ3n) is 1.82. The van der Waals surface area contributed by atoms with Gasteiger partial charge in [0.05, 0.1) is 6.54 Å². The summed E-state index contributed by atoms with van der Waals surface area (Å²) in [5.74, 6) is 1.23. The van der Waals surface area contributed by atoms with E-state index in [-0.39, 0.29) is 6.29 Å². The van der Waals surface area contributed by atoms with Gasteiger partial charge in [-0.15, -0.1) is 0 Å². The van der Waals surface area contributed by atoms with Crippen LogP contribution in [0.15, 0.2) is 16.5 Å². The molecule has 1 rings (SSSR count). The van der Waals surface area contributed by atoms with Crippen LogP contribution in [-0.2, 0) is 16.0 Å². The third kappa shape index (κ3) is 3.37. The van der Waals surface area contributed by atoms with Gasteiger partial charge in [-0.1, -0.05) is 0 Å². The van der Waals surface area contributed by atoms with Crippen LogP contribution in [0.25, 0.3) is 0 Å². The summed E-state index contributed by atoms with van der Waals surface area (Å²) in [6.07, 6.45) is -0.234.